The van der Waals surface area contributed by atoms with Crippen molar-refractivity contribution in [2.45, 2.75) is 39.5 Å². The molecular formula is C38H34Br2O8. The highest BCUT2D eigenvalue weighted by Gasteiger charge is 2.22. The first-order valence-corrected chi connectivity index (χ1v) is 17.7. The van der Waals surface area contributed by atoms with Gasteiger partial charge in [0.05, 0.1) is 22.2 Å². The molecule has 0 aliphatic rings. The Hall–Kier alpha value is -3.70. The van der Waals surface area contributed by atoms with Crippen molar-refractivity contribution >= 4 is 85.7 Å². The van der Waals surface area contributed by atoms with Gasteiger partial charge in [-0.1, -0.05) is 38.8 Å². The summed E-state index contributed by atoms with van der Waals surface area (Å²) in [6.07, 6.45) is 3.90. The lowest BCUT2D eigenvalue weighted by atomic mass is 9.89. The molecule has 0 saturated carbocycles. The van der Waals surface area contributed by atoms with Gasteiger partial charge in [0.2, 0.25) is 10.9 Å². The van der Waals surface area contributed by atoms with Crippen molar-refractivity contribution in [2.75, 3.05) is 39.6 Å². The second-order valence-corrected chi connectivity index (χ2v) is 13.4. The highest BCUT2D eigenvalue weighted by Crippen LogP contribution is 2.43. The quantitative estimate of drug-likeness (QED) is 0.0820. The lowest BCUT2D eigenvalue weighted by Crippen LogP contribution is -2.14. The van der Waals surface area contributed by atoms with Gasteiger partial charge in [-0.05, 0) is 79.7 Å². The van der Waals surface area contributed by atoms with Crippen LogP contribution in [0.1, 0.15) is 39.5 Å². The van der Waals surface area contributed by atoms with Crippen LogP contribution in [0.3, 0.4) is 0 Å². The van der Waals surface area contributed by atoms with Crippen LogP contribution in [-0.4, -0.2) is 39.6 Å². The third kappa shape index (κ3) is 6.39. The minimum Gasteiger partial charge on any atom is -0.491 e. The summed E-state index contributed by atoms with van der Waals surface area (Å²) < 4.78 is 24.2. The standard InChI is InChI=1S/C38H34Br2O8/c1-3-5-11-45-13-15-47-30-17-24-33(28(41)19-26(39)37(24)43)35-22(30)9-7-21-8-10-23-31(48-16-14-46-12-6-4-2)18-25-34(36(23)32(21)35)29(42)20-27(40)38(25)44/h7-10,17-20H,3-6,11-16H2,1-2H3. The van der Waals surface area contributed by atoms with Crippen molar-refractivity contribution in [2.24, 2.45) is 0 Å². The Labute approximate surface area is 292 Å². The van der Waals surface area contributed by atoms with Gasteiger partial charge in [-0.25, -0.2) is 0 Å². The molecule has 0 radical (unpaired) electrons. The van der Waals surface area contributed by atoms with E-state index < -0.39 is 0 Å². The first kappa shape index (κ1) is 34.2. The molecule has 48 heavy (non-hydrogen) atoms. The number of hydrogen-bond donors (Lipinski definition) is 0. The molecule has 0 atom stereocenters. The lowest BCUT2D eigenvalue weighted by molar-refractivity contribution is 0.0986. The van der Waals surface area contributed by atoms with Crippen molar-refractivity contribution < 1.29 is 18.9 Å². The number of unbranched alkanes of at least 4 members (excludes halogenated alkanes) is 2. The Kier molecular flexibility index (Phi) is 10.6. The number of hydrogen-bond acceptors (Lipinski definition) is 8. The molecule has 0 aliphatic carbocycles. The minimum atomic E-state index is -0.365. The number of halogens is 2. The minimum absolute atomic E-state index is 0.142. The van der Waals surface area contributed by atoms with Crippen molar-refractivity contribution in [3.63, 3.8) is 0 Å². The molecule has 0 aromatic heterocycles. The maximum Gasteiger partial charge on any atom is 0.201 e. The molecule has 6 aromatic rings. The second kappa shape index (κ2) is 14.8. The summed E-state index contributed by atoms with van der Waals surface area (Å²) in [7, 11) is 0. The normalized spacial score (nSPS) is 11.8. The SMILES string of the molecule is CCCCOCCOc1cc2c(=O)c(Br)cc(=O)c2c2c1ccc1ccc3c(OCCOCCCC)cc4c(=O)c(Br)cc(=O)c4c3c12. The predicted molar refractivity (Wildman–Crippen MR) is 199 cm³/mol. The van der Waals surface area contributed by atoms with E-state index in [0.29, 0.717) is 70.2 Å². The van der Waals surface area contributed by atoms with Gasteiger partial charge in [-0.2, -0.15) is 0 Å². The van der Waals surface area contributed by atoms with Crippen molar-refractivity contribution in [3.05, 3.63) is 98.4 Å². The van der Waals surface area contributed by atoms with E-state index in [9.17, 15) is 19.2 Å². The fourth-order valence-electron chi connectivity index (χ4n) is 6.17. The zero-order valence-electron chi connectivity index (χ0n) is 26.7. The number of rotatable bonds is 14. The second-order valence-electron chi connectivity index (χ2n) is 11.7. The maximum absolute atomic E-state index is 13.8. The van der Waals surface area contributed by atoms with Gasteiger partial charge in [0.25, 0.3) is 0 Å². The average molecular weight is 778 g/mol. The summed E-state index contributed by atoms with van der Waals surface area (Å²) in [6.45, 7) is 6.55. The maximum atomic E-state index is 13.8. The molecule has 0 amide bonds. The molecule has 0 bridgehead atoms. The third-order valence-electron chi connectivity index (χ3n) is 8.49. The molecule has 0 heterocycles. The summed E-state index contributed by atoms with van der Waals surface area (Å²) in [6, 6.07) is 13.2. The van der Waals surface area contributed by atoms with Crippen LogP contribution in [0, 0.1) is 0 Å². The van der Waals surface area contributed by atoms with E-state index in [0.717, 1.165) is 25.7 Å². The van der Waals surface area contributed by atoms with Crippen LogP contribution in [0.4, 0.5) is 0 Å². The molecule has 8 nitrogen and oxygen atoms in total. The molecule has 6 rings (SSSR count). The van der Waals surface area contributed by atoms with Gasteiger partial charge in [0, 0.05) is 68.4 Å². The third-order valence-corrected chi connectivity index (χ3v) is 9.67. The zero-order chi connectivity index (χ0) is 33.9. The summed E-state index contributed by atoms with van der Waals surface area (Å²) in [5.41, 5.74) is -1.45. The molecule has 0 aliphatic heterocycles. The van der Waals surface area contributed by atoms with Gasteiger partial charge in [-0.3, -0.25) is 19.2 Å². The first-order chi connectivity index (χ1) is 23.3. The highest BCUT2D eigenvalue weighted by molar-refractivity contribution is 9.10. The van der Waals surface area contributed by atoms with Gasteiger partial charge in [0.15, 0.2) is 10.9 Å². The summed E-state index contributed by atoms with van der Waals surface area (Å²) >= 11 is 6.53. The number of fused-ring (bicyclic) bond motifs is 9. The van der Waals surface area contributed by atoms with Crippen molar-refractivity contribution in [1.29, 1.82) is 0 Å². The predicted octanol–water partition coefficient (Wildman–Crippen LogP) is 7.69. The Balaban J connectivity index is 1.70. The van der Waals surface area contributed by atoms with Crippen LogP contribution in [-0.2, 0) is 9.47 Å². The average Bonchev–Trinajstić information content (AvgIpc) is 3.08. The van der Waals surface area contributed by atoms with E-state index in [-0.39, 0.29) is 65.4 Å². The van der Waals surface area contributed by atoms with E-state index >= 15 is 0 Å². The molecule has 0 saturated heterocycles. The van der Waals surface area contributed by atoms with Crippen LogP contribution in [0.15, 0.2) is 76.7 Å². The van der Waals surface area contributed by atoms with Crippen LogP contribution in [0.25, 0.3) is 53.9 Å². The molecule has 6 aromatic carbocycles. The molecule has 0 N–H and O–H groups in total. The topological polar surface area (TPSA) is 105 Å². The molecule has 0 unspecified atom stereocenters. The summed E-state index contributed by atoms with van der Waals surface area (Å²) in [4.78, 5) is 54.6. The van der Waals surface area contributed by atoms with Crippen LogP contribution in [0.2, 0.25) is 0 Å². The zero-order valence-corrected chi connectivity index (χ0v) is 29.9. The van der Waals surface area contributed by atoms with Crippen LogP contribution >= 0.6 is 31.9 Å². The number of benzene rings is 6. The van der Waals surface area contributed by atoms with E-state index in [1.165, 1.54) is 12.1 Å². The Morgan fingerprint density at radius 2 is 0.938 bits per heavy atom. The van der Waals surface area contributed by atoms with E-state index in [2.05, 4.69) is 45.7 Å². The smallest absolute Gasteiger partial charge is 0.201 e. The Bertz CT molecular complexity index is 2230. The first-order valence-electron chi connectivity index (χ1n) is 16.1. The fourth-order valence-corrected chi connectivity index (χ4v) is 7.01. The molecular weight excluding hydrogens is 744 g/mol. The van der Waals surface area contributed by atoms with E-state index in [1.807, 2.05) is 24.3 Å². The van der Waals surface area contributed by atoms with Gasteiger partial charge < -0.3 is 18.9 Å². The Morgan fingerprint density at radius 1 is 0.500 bits per heavy atom. The van der Waals surface area contributed by atoms with Gasteiger partial charge >= 0.3 is 0 Å². The lowest BCUT2D eigenvalue weighted by Gasteiger charge is -2.17. The summed E-state index contributed by atoms with van der Waals surface area (Å²) in [5, 5.41) is 4.14. The summed E-state index contributed by atoms with van der Waals surface area (Å²) in [5.74, 6) is 0.807. The van der Waals surface area contributed by atoms with Gasteiger partial charge in [0.1, 0.15) is 24.7 Å². The Morgan fingerprint density at radius 3 is 1.35 bits per heavy atom. The van der Waals surface area contributed by atoms with Gasteiger partial charge in [-0.15, -0.1) is 0 Å². The van der Waals surface area contributed by atoms with Crippen molar-refractivity contribution in [1.82, 2.24) is 0 Å². The highest BCUT2D eigenvalue weighted by atomic mass is 79.9. The monoisotopic (exact) mass is 776 g/mol. The molecule has 248 valence electrons. The molecule has 0 spiro atoms. The largest absolute Gasteiger partial charge is 0.491 e. The number of ether oxygens (including phenoxy) is 4. The van der Waals surface area contributed by atoms with E-state index in [1.54, 1.807) is 12.1 Å². The fraction of sp³-hybridized carbons (Fsp3) is 0.316. The van der Waals surface area contributed by atoms with Crippen molar-refractivity contribution in [3.8, 4) is 11.5 Å². The van der Waals surface area contributed by atoms with E-state index in [4.69, 9.17) is 18.9 Å². The van der Waals surface area contributed by atoms with Crippen LogP contribution in [0.5, 0.6) is 11.5 Å². The molecule has 0 fully saturated rings. The van der Waals surface area contributed by atoms with Crippen LogP contribution < -0.4 is 31.2 Å². The molecule has 10 heteroatoms.